The molecule has 0 radical (unpaired) electrons. The van der Waals surface area contributed by atoms with Gasteiger partial charge in [-0.1, -0.05) is 45.4 Å². The van der Waals surface area contributed by atoms with Gasteiger partial charge in [-0.25, -0.2) is 4.79 Å². The smallest absolute Gasteiger partial charge is 0.341 e. The monoisotopic (exact) mass is 640 g/mol. The van der Waals surface area contributed by atoms with E-state index in [-0.39, 0.29) is 24.0 Å². The van der Waals surface area contributed by atoms with Gasteiger partial charge in [0.25, 0.3) is 0 Å². The Morgan fingerprint density at radius 3 is 2.73 bits per heavy atom. The van der Waals surface area contributed by atoms with E-state index in [0.717, 1.165) is 57.4 Å². The summed E-state index contributed by atoms with van der Waals surface area (Å²) in [6, 6.07) is 11.2. The van der Waals surface area contributed by atoms with Crippen LogP contribution in [0.3, 0.4) is 0 Å². The van der Waals surface area contributed by atoms with E-state index in [1.165, 1.54) is 23.1 Å². The molecule has 11 heteroatoms. The molecule has 0 atom stereocenters. The molecule has 208 valence electrons. The summed E-state index contributed by atoms with van der Waals surface area (Å²) in [6.45, 7) is 6.08. The summed E-state index contributed by atoms with van der Waals surface area (Å²) < 4.78 is 7.97. The van der Waals surface area contributed by atoms with Crippen LogP contribution >= 0.6 is 39.0 Å². The molecule has 0 saturated carbocycles. The van der Waals surface area contributed by atoms with Crippen molar-refractivity contribution in [1.82, 2.24) is 14.8 Å². The number of rotatable bonds is 8. The summed E-state index contributed by atoms with van der Waals surface area (Å²) in [5, 5.41) is 23.5. The minimum atomic E-state index is -0.391. The number of benzene rings is 2. The van der Waals surface area contributed by atoms with Crippen molar-refractivity contribution < 1.29 is 19.4 Å². The number of amides is 1. The van der Waals surface area contributed by atoms with E-state index in [9.17, 15) is 14.7 Å². The number of fused-ring (bicyclic) bond motifs is 1. The van der Waals surface area contributed by atoms with Crippen molar-refractivity contribution in [3.8, 4) is 22.8 Å². The lowest BCUT2D eigenvalue weighted by Gasteiger charge is -2.14. The van der Waals surface area contributed by atoms with Crippen molar-refractivity contribution in [3.63, 3.8) is 0 Å². The highest BCUT2D eigenvalue weighted by molar-refractivity contribution is 9.10. The van der Waals surface area contributed by atoms with Crippen molar-refractivity contribution >= 4 is 55.9 Å². The van der Waals surface area contributed by atoms with Crippen molar-refractivity contribution in [2.45, 2.75) is 51.6 Å². The Hall–Kier alpha value is -3.15. The second kappa shape index (κ2) is 12.2. The molecule has 2 heterocycles. The standard InChI is InChI=1S/C29H29BrN4O4S2/c1-4-38-28(37)25-19-7-5-6-8-23(19)40-27(25)31-24(36)15-39-29-33-32-26(20-14-18(30)10-12-22(20)35)34(29)21-11-9-16(2)13-17(21)3/h9-14,35H,4-8,15H2,1-3H3,(H,31,36). The van der Waals surface area contributed by atoms with Gasteiger partial charge in [-0.3, -0.25) is 9.36 Å². The quantitative estimate of drug-likeness (QED) is 0.160. The number of hydrogen-bond donors (Lipinski definition) is 2. The largest absolute Gasteiger partial charge is 0.507 e. The first-order valence-electron chi connectivity index (χ1n) is 13.0. The molecular weight excluding hydrogens is 612 g/mol. The SMILES string of the molecule is CCOC(=O)c1c(NC(=O)CSc2nnc(-c3cc(Br)ccc3O)n2-c2ccc(C)cc2C)sc2c1CCCC2. The van der Waals surface area contributed by atoms with Crippen molar-refractivity contribution in [1.29, 1.82) is 0 Å². The van der Waals surface area contributed by atoms with Gasteiger partial charge in [0.2, 0.25) is 5.91 Å². The van der Waals surface area contributed by atoms with Gasteiger partial charge in [0.15, 0.2) is 11.0 Å². The van der Waals surface area contributed by atoms with Gasteiger partial charge in [0.05, 0.1) is 29.2 Å². The fraction of sp³-hybridized carbons (Fsp3) is 0.310. The Labute approximate surface area is 249 Å². The average molecular weight is 642 g/mol. The van der Waals surface area contributed by atoms with Crippen molar-refractivity contribution in [3.05, 3.63) is 68.0 Å². The van der Waals surface area contributed by atoms with E-state index in [1.54, 1.807) is 25.1 Å². The summed E-state index contributed by atoms with van der Waals surface area (Å²) in [4.78, 5) is 27.1. The summed E-state index contributed by atoms with van der Waals surface area (Å²) in [5.41, 5.74) is 4.98. The second-order valence-electron chi connectivity index (χ2n) is 9.57. The van der Waals surface area contributed by atoms with E-state index in [4.69, 9.17) is 4.74 Å². The molecule has 0 saturated heterocycles. The molecule has 0 unspecified atom stereocenters. The third-order valence-electron chi connectivity index (χ3n) is 6.66. The molecule has 0 fully saturated rings. The minimum absolute atomic E-state index is 0.0539. The number of thioether (sulfide) groups is 1. The Balaban J connectivity index is 1.44. The lowest BCUT2D eigenvalue weighted by atomic mass is 9.95. The van der Waals surface area contributed by atoms with Crippen LogP contribution in [0.25, 0.3) is 17.1 Å². The van der Waals surface area contributed by atoms with Gasteiger partial charge in [-0.05, 0) is 81.8 Å². The van der Waals surface area contributed by atoms with Crippen LogP contribution in [0.1, 0.15) is 51.7 Å². The Morgan fingerprint density at radius 2 is 1.95 bits per heavy atom. The molecule has 8 nitrogen and oxygen atoms in total. The van der Waals surface area contributed by atoms with E-state index < -0.39 is 5.97 Å². The van der Waals surface area contributed by atoms with Crippen molar-refractivity contribution in [2.24, 2.45) is 0 Å². The zero-order chi connectivity index (χ0) is 28.4. The van der Waals surface area contributed by atoms with Gasteiger partial charge in [-0.15, -0.1) is 21.5 Å². The van der Waals surface area contributed by atoms with Crippen LogP contribution in [0.5, 0.6) is 5.75 Å². The van der Waals surface area contributed by atoms with E-state index in [1.807, 2.05) is 30.5 Å². The van der Waals surface area contributed by atoms with Crippen LogP contribution in [0.2, 0.25) is 0 Å². The minimum Gasteiger partial charge on any atom is -0.507 e. The van der Waals surface area contributed by atoms with Crippen LogP contribution < -0.4 is 5.32 Å². The number of thiophene rings is 1. The van der Waals surface area contributed by atoms with E-state index in [2.05, 4.69) is 37.5 Å². The predicted molar refractivity (Wildman–Crippen MR) is 162 cm³/mol. The Kier molecular flexibility index (Phi) is 8.62. The lowest BCUT2D eigenvalue weighted by Crippen LogP contribution is -2.17. The number of halogens is 1. The highest BCUT2D eigenvalue weighted by atomic mass is 79.9. The zero-order valence-corrected chi connectivity index (χ0v) is 25.6. The number of hydrogen-bond acceptors (Lipinski definition) is 8. The molecule has 0 bridgehead atoms. The van der Waals surface area contributed by atoms with Crippen LogP contribution in [0, 0.1) is 13.8 Å². The van der Waals surface area contributed by atoms with E-state index >= 15 is 0 Å². The highest BCUT2D eigenvalue weighted by Gasteiger charge is 2.28. The first-order chi connectivity index (χ1) is 19.3. The molecule has 40 heavy (non-hydrogen) atoms. The van der Waals surface area contributed by atoms with Gasteiger partial charge >= 0.3 is 5.97 Å². The highest BCUT2D eigenvalue weighted by Crippen LogP contribution is 2.39. The molecule has 2 aromatic heterocycles. The Bertz CT molecular complexity index is 1600. The van der Waals surface area contributed by atoms with Gasteiger partial charge in [0, 0.05) is 9.35 Å². The maximum Gasteiger partial charge on any atom is 0.341 e. The van der Waals surface area contributed by atoms with Gasteiger partial charge in [0.1, 0.15) is 10.8 Å². The number of carbonyl (C=O) groups excluding carboxylic acids is 2. The molecule has 0 spiro atoms. The average Bonchev–Trinajstić information content (AvgIpc) is 3.50. The number of nitrogens with zero attached hydrogens (tertiary/aromatic N) is 3. The molecule has 4 aromatic rings. The summed E-state index contributed by atoms with van der Waals surface area (Å²) in [7, 11) is 0. The van der Waals surface area contributed by atoms with E-state index in [0.29, 0.717) is 27.1 Å². The number of nitrogens with one attached hydrogen (secondary N) is 1. The number of ether oxygens (including phenoxy) is 1. The molecule has 1 aliphatic carbocycles. The maximum atomic E-state index is 13.2. The molecule has 0 aliphatic heterocycles. The molecule has 1 amide bonds. The molecule has 2 N–H and O–H groups in total. The maximum absolute atomic E-state index is 13.2. The molecule has 1 aliphatic rings. The number of aromatic nitrogens is 3. The van der Waals surface area contributed by atoms with Gasteiger partial charge < -0.3 is 15.2 Å². The third kappa shape index (κ3) is 5.82. The number of aryl methyl sites for hydroxylation is 3. The number of esters is 1. The van der Waals surface area contributed by atoms with Crippen molar-refractivity contribution in [2.75, 3.05) is 17.7 Å². The first-order valence-corrected chi connectivity index (χ1v) is 15.6. The van der Waals surface area contributed by atoms with Crippen LogP contribution in [-0.4, -0.2) is 44.1 Å². The van der Waals surface area contributed by atoms with Crippen LogP contribution in [0.15, 0.2) is 46.0 Å². The zero-order valence-electron chi connectivity index (χ0n) is 22.4. The summed E-state index contributed by atoms with van der Waals surface area (Å²) in [5.74, 6) is -0.0550. The molecular formula is C29H29BrN4O4S2. The van der Waals surface area contributed by atoms with Crippen LogP contribution in [0.4, 0.5) is 5.00 Å². The Morgan fingerprint density at radius 1 is 1.15 bits per heavy atom. The lowest BCUT2D eigenvalue weighted by molar-refractivity contribution is -0.113. The molecule has 5 rings (SSSR count). The summed E-state index contributed by atoms with van der Waals surface area (Å²) >= 11 is 6.18. The van der Waals surface area contributed by atoms with Gasteiger partial charge in [-0.2, -0.15) is 0 Å². The number of phenolic OH excluding ortho intramolecular Hbond substituents is 1. The number of phenols is 1. The number of carbonyl (C=O) groups is 2. The number of anilines is 1. The predicted octanol–water partition coefficient (Wildman–Crippen LogP) is 6.87. The van der Waals surface area contributed by atoms with Crippen LogP contribution in [-0.2, 0) is 22.4 Å². The fourth-order valence-corrected chi connectivity index (χ4v) is 7.26. The topological polar surface area (TPSA) is 106 Å². The number of aromatic hydroxyl groups is 1. The summed E-state index contributed by atoms with van der Waals surface area (Å²) in [6.07, 6.45) is 3.81. The molecule has 2 aromatic carbocycles. The second-order valence-corrected chi connectivity index (χ2v) is 12.5. The fourth-order valence-electron chi connectivity index (χ4n) is 4.86. The first kappa shape index (κ1) is 28.4. The third-order valence-corrected chi connectivity index (χ3v) is 9.29. The normalized spacial score (nSPS) is 12.7.